The third-order valence-corrected chi connectivity index (χ3v) is 5.02. The minimum atomic E-state index is -0.390. The molecule has 1 heterocycles. The molecule has 3 N–H and O–H groups in total. The van der Waals surface area contributed by atoms with Crippen LogP contribution >= 0.6 is 36.2 Å². The van der Waals surface area contributed by atoms with Gasteiger partial charge in [-0.25, -0.2) is 9.37 Å². The van der Waals surface area contributed by atoms with Crippen LogP contribution < -0.4 is 11.1 Å². The van der Waals surface area contributed by atoms with Crippen molar-refractivity contribution >= 4 is 42.1 Å². The van der Waals surface area contributed by atoms with Crippen LogP contribution in [0.3, 0.4) is 0 Å². The second-order valence-corrected chi connectivity index (χ2v) is 6.73. The molecule has 1 aliphatic rings. The van der Waals surface area contributed by atoms with Gasteiger partial charge in [0.05, 0.1) is 5.54 Å². The van der Waals surface area contributed by atoms with Gasteiger partial charge >= 0.3 is 0 Å². The maximum Gasteiger partial charge on any atom is 0.271 e. The lowest BCUT2D eigenvalue weighted by Gasteiger charge is -2.29. The third-order valence-electron chi connectivity index (χ3n) is 4.14. The molecule has 1 fully saturated rings. The fourth-order valence-corrected chi connectivity index (χ4v) is 3.33. The highest BCUT2D eigenvalue weighted by Gasteiger charge is 2.41. The van der Waals surface area contributed by atoms with Gasteiger partial charge in [0.1, 0.15) is 16.5 Å². The summed E-state index contributed by atoms with van der Waals surface area (Å²) in [6.07, 6.45) is 2.18. The van der Waals surface area contributed by atoms with Crippen molar-refractivity contribution in [3.05, 3.63) is 41.2 Å². The van der Waals surface area contributed by atoms with Crippen molar-refractivity contribution in [2.45, 2.75) is 25.3 Å². The summed E-state index contributed by atoms with van der Waals surface area (Å²) < 4.78 is 13.8. The molecule has 24 heavy (non-hydrogen) atoms. The Morgan fingerprint density at radius 2 is 2.08 bits per heavy atom. The van der Waals surface area contributed by atoms with Gasteiger partial charge in [0, 0.05) is 17.5 Å². The van der Waals surface area contributed by atoms with Gasteiger partial charge in [-0.2, -0.15) is 0 Å². The summed E-state index contributed by atoms with van der Waals surface area (Å²) in [7, 11) is 0. The average Bonchev–Trinajstić information content (AvgIpc) is 3.26. The minimum absolute atomic E-state index is 0. The Morgan fingerprint density at radius 3 is 2.67 bits per heavy atom. The highest BCUT2D eigenvalue weighted by molar-refractivity contribution is 7.13. The summed E-state index contributed by atoms with van der Waals surface area (Å²) in [5, 5.41) is 5.14. The SMILES string of the molecule is CC(CN)(NC(=O)c1csc(-c2ccccc2F)n1)C1CC1.Cl.Cl. The van der Waals surface area contributed by atoms with Gasteiger partial charge in [-0.3, -0.25) is 4.79 Å². The van der Waals surface area contributed by atoms with E-state index >= 15 is 0 Å². The number of benzene rings is 1. The minimum Gasteiger partial charge on any atom is -0.344 e. The van der Waals surface area contributed by atoms with E-state index in [4.69, 9.17) is 5.73 Å². The van der Waals surface area contributed by atoms with Crippen LogP contribution in [0.2, 0.25) is 0 Å². The summed E-state index contributed by atoms with van der Waals surface area (Å²) in [6.45, 7) is 2.36. The van der Waals surface area contributed by atoms with Crippen molar-refractivity contribution in [1.29, 1.82) is 0 Å². The zero-order valence-electron chi connectivity index (χ0n) is 13.1. The monoisotopic (exact) mass is 391 g/mol. The molecule has 1 atom stereocenters. The van der Waals surface area contributed by atoms with E-state index in [-0.39, 0.29) is 36.5 Å². The van der Waals surface area contributed by atoms with E-state index in [2.05, 4.69) is 10.3 Å². The molecule has 0 saturated heterocycles. The second kappa shape index (κ2) is 8.25. The van der Waals surface area contributed by atoms with Gasteiger partial charge in [0.15, 0.2) is 0 Å². The third kappa shape index (κ3) is 4.25. The lowest BCUT2D eigenvalue weighted by atomic mass is 9.96. The molecule has 8 heteroatoms. The molecule has 1 aliphatic carbocycles. The number of hydrogen-bond donors (Lipinski definition) is 2. The first kappa shape index (κ1) is 20.8. The van der Waals surface area contributed by atoms with E-state index in [1.807, 2.05) is 6.92 Å². The Labute approximate surface area is 156 Å². The first-order valence-electron chi connectivity index (χ1n) is 7.26. The Balaban J connectivity index is 0.00000144. The molecule has 1 amide bonds. The number of carbonyl (C=O) groups excluding carboxylic acids is 1. The summed E-state index contributed by atoms with van der Waals surface area (Å²) in [4.78, 5) is 16.6. The number of rotatable bonds is 5. The number of amides is 1. The van der Waals surface area contributed by atoms with Gasteiger partial charge in [0.25, 0.3) is 5.91 Å². The standard InChI is InChI=1S/C16H18FN3OS.2ClH/c1-16(9-18,10-6-7-10)20-14(21)13-8-22-15(19-13)11-4-2-3-5-12(11)17;;/h2-5,8,10H,6-7,9,18H2,1H3,(H,20,21);2*1H. The zero-order valence-corrected chi connectivity index (χ0v) is 15.6. The van der Waals surface area contributed by atoms with Crippen molar-refractivity contribution < 1.29 is 9.18 Å². The predicted octanol–water partition coefficient (Wildman–Crippen LogP) is 3.65. The number of nitrogens with zero attached hydrogens (tertiary/aromatic N) is 1. The van der Waals surface area contributed by atoms with E-state index < -0.39 is 5.54 Å². The van der Waals surface area contributed by atoms with Gasteiger partial charge in [-0.05, 0) is 37.8 Å². The van der Waals surface area contributed by atoms with Gasteiger partial charge in [-0.1, -0.05) is 12.1 Å². The van der Waals surface area contributed by atoms with Crippen molar-refractivity contribution in [2.75, 3.05) is 6.54 Å². The number of nitrogens with one attached hydrogen (secondary N) is 1. The van der Waals surface area contributed by atoms with Crippen LogP contribution in [-0.2, 0) is 0 Å². The first-order valence-corrected chi connectivity index (χ1v) is 8.14. The maximum absolute atomic E-state index is 13.8. The molecule has 0 bridgehead atoms. The summed E-state index contributed by atoms with van der Waals surface area (Å²) in [5.74, 6) is -0.154. The molecule has 0 spiro atoms. The van der Waals surface area contributed by atoms with Crippen LogP contribution in [0.4, 0.5) is 4.39 Å². The summed E-state index contributed by atoms with van der Waals surface area (Å²) >= 11 is 1.26. The first-order chi connectivity index (χ1) is 10.5. The largest absolute Gasteiger partial charge is 0.344 e. The maximum atomic E-state index is 13.8. The average molecular weight is 392 g/mol. The van der Waals surface area contributed by atoms with Crippen LogP contribution in [-0.4, -0.2) is 23.0 Å². The van der Waals surface area contributed by atoms with Crippen LogP contribution in [0.5, 0.6) is 0 Å². The molecule has 3 rings (SSSR count). The highest BCUT2D eigenvalue weighted by atomic mass is 35.5. The van der Waals surface area contributed by atoms with E-state index in [0.717, 1.165) is 12.8 Å². The van der Waals surface area contributed by atoms with Crippen LogP contribution in [0.1, 0.15) is 30.3 Å². The number of aromatic nitrogens is 1. The normalized spacial score (nSPS) is 15.6. The zero-order chi connectivity index (χ0) is 15.7. The van der Waals surface area contributed by atoms with Gasteiger partial charge in [-0.15, -0.1) is 36.2 Å². The van der Waals surface area contributed by atoms with Crippen LogP contribution in [0.15, 0.2) is 29.6 Å². The molecule has 0 aliphatic heterocycles. The molecule has 1 aromatic carbocycles. The molecule has 1 unspecified atom stereocenters. The van der Waals surface area contributed by atoms with Crippen molar-refractivity contribution in [2.24, 2.45) is 11.7 Å². The Bertz CT molecular complexity index is 708. The molecule has 132 valence electrons. The topological polar surface area (TPSA) is 68.0 Å². The Kier molecular flexibility index (Phi) is 7.16. The van der Waals surface area contributed by atoms with Crippen molar-refractivity contribution in [1.82, 2.24) is 10.3 Å². The number of halogens is 3. The van der Waals surface area contributed by atoms with Gasteiger partial charge < -0.3 is 11.1 Å². The molecular weight excluding hydrogens is 372 g/mol. The Hall–Kier alpha value is -1.21. The van der Waals surface area contributed by atoms with Crippen LogP contribution in [0.25, 0.3) is 10.6 Å². The van der Waals surface area contributed by atoms with E-state index in [1.165, 1.54) is 17.4 Å². The number of nitrogens with two attached hydrogens (primary N) is 1. The quantitative estimate of drug-likeness (QED) is 0.816. The molecule has 4 nitrogen and oxygen atoms in total. The summed E-state index contributed by atoms with van der Waals surface area (Å²) in [5.41, 5.74) is 6.14. The molecule has 1 saturated carbocycles. The van der Waals surface area contributed by atoms with E-state index in [1.54, 1.807) is 23.6 Å². The molecule has 2 aromatic rings. The lowest BCUT2D eigenvalue weighted by molar-refractivity contribution is 0.0893. The second-order valence-electron chi connectivity index (χ2n) is 5.87. The molecular formula is C16H20Cl2FN3OS. The highest BCUT2D eigenvalue weighted by Crippen LogP contribution is 2.39. The smallest absolute Gasteiger partial charge is 0.271 e. The lowest BCUT2D eigenvalue weighted by Crippen LogP contribution is -2.53. The fraction of sp³-hybridized carbons (Fsp3) is 0.375. The van der Waals surface area contributed by atoms with E-state index in [9.17, 15) is 9.18 Å². The molecule has 1 aromatic heterocycles. The van der Waals surface area contributed by atoms with E-state index in [0.29, 0.717) is 28.7 Å². The van der Waals surface area contributed by atoms with Gasteiger partial charge in [0.2, 0.25) is 0 Å². The predicted molar refractivity (Wildman–Crippen MR) is 99.7 cm³/mol. The summed E-state index contributed by atoms with van der Waals surface area (Å²) in [6, 6.07) is 6.42. The van der Waals surface area contributed by atoms with Crippen molar-refractivity contribution in [3.63, 3.8) is 0 Å². The number of carbonyl (C=O) groups is 1. The number of hydrogen-bond acceptors (Lipinski definition) is 4. The molecule has 0 radical (unpaired) electrons. The fourth-order valence-electron chi connectivity index (χ4n) is 2.50. The van der Waals surface area contributed by atoms with Crippen LogP contribution in [0, 0.1) is 11.7 Å². The number of thiazole rings is 1. The van der Waals surface area contributed by atoms with Crippen molar-refractivity contribution in [3.8, 4) is 10.6 Å². The Morgan fingerprint density at radius 1 is 1.42 bits per heavy atom.